The number of hydrogen-bond acceptors (Lipinski definition) is 7. The van der Waals surface area contributed by atoms with Gasteiger partial charge in [-0.2, -0.15) is 0 Å². The molecular weight excluding hydrogens is 238 g/mol. The van der Waals surface area contributed by atoms with Gasteiger partial charge in [-0.3, -0.25) is 5.32 Å². The first-order chi connectivity index (χ1) is 7.28. The molecule has 0 rings (SSSR count). The summed E-state index contributed by atoms with van der Waals surface area (Å²) in [7, 11) is -4.37. The predicted octanol–water partition coefficient (Wildman–Crippen LogP) is -2.04. The third-order valence-electron chi connectivity index (χ3n) is 2.40. The zero-order valence-electron chi connectivity index (χ0n) is 9.09. The highest BCUT2D eigenvalue weighted by Crippen LogP contribution is 2.10. The van der Waals surface area contributed by atoms with Crippen LogP contribution in [-0.2, 0) is 10.1 Å². The maximum absolute atomic E-state index is 10.3. The molecule has 7 nitrogen and oxygen atoms in total. The summed E-state index contributed by atoms with van der Waals surface area (Å²) in [4.78, 5) is 0. The average Bonchev–Trinajstić information content (AvgIpc) is 2.22. The smallest absolute Gasteiger partial charge is 0.106 e. The molecule has 0 fully saturated rings. The van der Waals surface area contributed by atoms with Crippen molar-refractivity contribution in [3.05, 3.63) is 0 Å². The average molecular weight is 256 g/mol. The van der Waals surface area contributed by atoms with E-state index in [0.717, 1.165) is 0 Å². The van der Waals surface area contributed by atoms with Gasteiger partial charge in [0.25, 0.3) is 0 Å². The molecule has 0 spiro atoms. The molecule has 0 saturated heterocycles. The lowest BCUT2D eigenvalue weighted by molar-refractivity contribution is 0.0224. The van der Waals surface area contributed by atoms with Gasteiger partial charge in [0.1, 0.15) is 6.23 Å². The third kappa shape index (κ3) is 5.73. The Balaban J connectivity index is 4.26. The lowest BCUT2D eigenvalue weighted by atomic mass is 9.98. The molecule has 0 radical (unpaired) electrons. The second kappa shape index (κ2) is 6.48. The van der Waals surface area contributed by atoms with E-state index in [0.29, 0.717) is 6.42 Å². The van der Waals surface area contributed by atoms with Gasteiger partial charge in [-0.15, -0.1) is 0 Å². The third-order valence-corrected chi connectivity index (χ3v) is 3.13. The zero-order chi connectivity index (χ0) is 12.8. The Morgan fingerprint density at radius 2 is 1.88 bits per heavy atom. The second-order valence-electron chi connectivity index (χ2n) is 3.66. The normalized spacial score (nSPS) is 15.1. The van der Waals surface area contributed by atoms with Crippen LogP contribution in [0, 0.1) is 0 Å². The fourth-order valence-corrected chi connectivity index (χ4v) is 1.66. The van der Waals surface area contributed by atoms with Gasteiger partial charge >= 0.3 is 0 Å². The predicted molar refractivity (Wildman–Crippen MR) is 55.5 cm³/mol. The van der Waals surface area contributed by atoms with Gasteiger partial charge in [-0.1, -0.05) is 6.92 Å². The van der Waals surface area contributed by atoms with Gasteiger partial charge in [0.05, 0.1) is 28.9 Å². The lowest BCUT2D eigenvalue weighted by Crippen LogP contribution is -2.55. The van der Waals surface area contributed by atoms with E-state index in [1.165, 1.54) is 0 Å². The Hall–Kier alpha value is -0.250. The number of rotatable bonds is 8. The minimum Gasteiger partial charge on any atom is -0.748 e. The minimum atomic E-state index is -4.37. The number of nitrogens with one attached hydrogen (secondary N) is 1. The summed E-state index contributed by atoms with van der Waals surface area (Å²) in [5.74, 6) is -0.697. The summed E-state index contributed by atoms with van der Waals surface area (Å²) in [6.45, 7) is 0.888. The van der Waals surface area contributed by atoms with Crippen molar-refractivity contribution in [1.82, 2.24) is 5.32 Å². The maximum atomic E-state index is 10.3. The Morgan fingerprint density at radius 3 is 2.19 bits per heavy atom. The molecule has 1 unspecified atom stereocenters. The van der Waals surface area contributed by atoms with Crippen molar-refractivity contribution >= 4 is 10.1 Å². The van der Waals surface area contributed by atoms with E-state index < -0.39 is 40.9 Å². The number of aliphatic hydroxyl groups excluding tert-OH is 3. The molecule has 0 heterocycles. The highest BCUT2D eigenvalue weighted by atomic mass is 32.2. The first-order valence-electron chi connectivity index (χ1n) is 4.89. The Labute approximate surface area is 94.9 Å². The van der Waals surface area contributed by atoms with E-state index in [2.05, 4.69) is 5.32 Å². The molecule has 0 aromatic carbocycles. The molecule has 8 heteroatoms. The fourth-order valence-electron chi connectivity index (χ4n) is 1.15. The summed E-state index contributed by atoms with van der Waals surface area (Å²) < 4.78 is 31.0. The molecule has 0 aromatic rings. The maximum Gasteiger partial charge on any atom is 0.106 e. The zero-order valence-corrected chi connectivity index (χ0v) is 9.90. The van der Waals surface area contributed by atoms with Crippen molar-refractivity contribution < 1.29 is 28.3 Å². The molecule has 0 bridgehead atoms. The van der Waals surface area contributed by atoms with Crippen LogP contribution in [-0.4, -0.2) is 59.0 Å². The van der Waals surface area contributed by atoms with Crippen molar-refractivity contribution in [3.63, 3.8) is 0 Å². The van der Waals surface area contributed by atoms with Crippen LogP contribution in [0.1, 0.15) is 19.8 Å². The molecular formula is C8H18NO6S-. The molecule has 0 amide bonds. The minimum absolute atomic E-state index is 0.284. The largest absolute Gasteiger partial charge is 0.748 e. The summed E-state index contributed by atoms with van der Waals surface area (Å²) in [6.07, 6.45) is -1.20. The lowest BCUT2D eigenvalue weighted by Gasteiger charge is -2.32. The molecule has 4 N–H and O–H groups in total. The highest BCUT2D eigenvalue weighted by Gasteiger charge is 2.28. The van der Waals surface area contributed by atoms with E-state index in [1.807, 2.05) is 0 Å². The van der Waals surface area contributed by atoms with Gasteiger partial charge in [-0.05, 0) is 12.8 Å². The Bertz CT molecular complexity index is 279. The van der Waals surface area contributed by atoms with Crippen molar-refractivity contribution in [1.29, 1.82) is 0 Å². The second-order valence-corrected chi connectivity index (χ2v) is 5.18. The van der Waals surface area contributed by atoms with Crippen LogP contribution in [0.15, 0.2) is 0 Å². The van der Waals surface area contributed by atoms with Crippen LogP contribution in [0.3, 0.4) is 0 Å². The van der Waals surface area contributed by atoms with Crippen LogP contribution in [0.2, 0.25) is 0 Å². The van der Waals surface area contributed by atoms with Gasteiger partial charge in [0, 0.05) is 5.75 Å². The van der Waals surface area contributed by atoms with E-state index in [1.54, 1.807) is 6.92 Å². The van der Waals surface area contributed by atoms with E-state index in [9.17, 15) is 18.1 Å². The number of aliphatic hydroxyl groups is 3. The van der Waals surface area contributed by atoms with Gasteiger partial charge in [0.15, 0.2) is 0 Å². The van der Waals surface area contributed by atoms with Crippen LogP contribution < -0.4 is 5.32 Å². The first kappa shape index (κ1) is 15.8. The van der Waals surface area contributed by atoms with Crippen LogP contribution in [0.5, 0.6) is 0 Å². The van der Waals surface area contributed by atoms with Crippen molar-refractivity contribution in [3.8, 4) is 0 Å². The van der Waals surface area contributed by atoms with E-state index in [4.69, 9.17) is 10.2 Å². The van der Waals surface area contributed by atoms with E-state index in [-0.39, 0.29) is 6.42 Å². The molecule has 98 valence electrons. The topological polar surface area (TPSA) is 130 Å². The van der Waals surface area contributed by atoms with Gasteiger partial charge < -0.3 is 19.9 Å². The van der Waals surface area contributed by atoms with Crippen molar-refractivity contribution in [2.24, 2.45) is 0 Å². The van der Waals surface area contributed by atoms with Crippen molar-refractivity contribution in [2.75, 3.05) is 19.0 Å². The van der Waals surface area contributed by atoms with Crippen molar-refractivity contribution in [2.45, 2.75) is 31.5 Å². The Morgan fingerprint density at radius 1 is 1.38 bits per heavy atom. The van der Waals surface area contributed by atoms with Crippen LogP contribution in [0.25, 0.3) is 0 Å². The van der Waals surface area contributed by atoms with Crippen LogP contribution >= 0.6 is 0 Å². The molecule has 0 saturated carbocycles. The molecule has 1 atom stereocenters. The van der Waals surface area contributed by atoms with Gasteiger partial charge in [0.2, 0.25) is 0 Å². The Kier molecular flexibility index (Phi) is 6.38. The van der Waals surface area contributed by atoms with E-state index >= 15 is 0 Å². The SMILES string of the molecule is CCC(CO)(CO)NC(O)CCS(=O)(=O)[O-]. The number of hydrogen-bond donors (Lipinski definition) is 4. The summed E-state index contributed by atoms with van der Waals surface area (Å²) in [5, 5.41) is 30.0. The fraction of sp³-hybridized carbons (Fsp3) is 1.00. The monoisotopic (exact) mass is 256 g/mol. The highest BCUT2D eigenvalue weighted by molar-refractivity contribution is 7.85. The molecule has 0 aliphatic heterocycles. The molecule has 0 aliphatic rings. The van der Waals surface area contributed by atoms with Crippen LogP contribution in [0.4, 0.5) is 0 Å². The first-order valence-corrected chi connectivity index (χ1v) is 6.47. The molecule has 0 aromatic heterocycles. The quantitative estimate of drug-likeness (QED) is 0.291. The molecule has 0 aliphatic carbocycles. The summed E-state index contributed by atoms with van der Waals surface area (Å²) >= 11 is 0. The molecule has 16 heavy (non-hydrogen) atoms. The summed E-state index contributed by atoms with van der Waals surface area (Å²) in [6, 6.07) is 0. The standard InChI is InChI=1S/C8H19NO6S/c1-2-8(5-10,6-11)9-7(12)3-4-16(13,14)15/h7,9-12H,2-6H2,1H3,(H,13,14,15)/p-1. The van der Waals surface area contributed by atoms with Gasteiger partial charge in [-0.25, -0.2) is 8.42 Å². The summed E-state index contributed by atoms with van der Waals surface area (Å²) in [5.41, 5.74) is -1.06.